The summed E-state index contributed by atoms with van der Waals surface area (Å²) in [5.41, 5.74) is 2.82. The van der Waals surface area contributed by atoms with Crippen LogP contribution in [0.1, 0.15) is 24.0 Å². The first-order valence-electron chi connectivity index (χ1n) is 7.22. The molecule has 0 amide bonds. The van der Waals surface area contributed by atoms with Crippen molar-refractivity contribution in [3.05, 3.63) is 59.9 Å². The van der Waals surface area contributed by atoms with Crippen LogP contribution in [0.2, 0.25) is 0 Å². The minimum atomic E-state index is 0.486. The molecule has 0 saturated carbocycles. The lowest BCUT2D eigenvalue weighted by Crippen LogP contribution is -2.37. The third kappa shape index (κ3) is 2.89. The topological polar surface area (TPSA) is 24.9 Å². The number of benzene rings is 1. The molecule has 0 radical (unpaired) electrons. The van der Waals surface area contributed by atoms with E-state index < -0.39 is 0 Å². The standard InChI is InChI=1S/C17H20N2S/c1-2-19-16(10-13-6-5-9-18-11-13)15-12-20-17-8-4-3-7-14(15)17/h3-9,11,15-16,19H,2,10,12H2,1H3. The second kappa shape index (κ2) is 6.42. The van der Waals surface area contributed by atoms with E-state index >= 15 is 0 Å². The molecule has 0 fully saturated rings. The molecule has 2 unspecified atom stereocenters. The first-order chi connectivity index (χ1) is 9.88. The van der Waals surface area contributed by atoms with Crippen molar-refractivity contribution >= 4 is 11.8 Å². The van der Waals surface area contributed by atoms with Gasteiger partial charge in [-0.25, -0.2) is 0 Å². The number of hydrogen-bond donors (Lipinski definition) is 1. The van der Waals surface area contributed by atoms with Crippen LogP contribution in [0.25, 0.3) is 0 Å². The van der Waals surface area contributed by atoms with Crippen LogP contribution in [0.4, 0.5) is 0 Å². The van der Waals surface area contributed by atoms with E-state index in [1.54, 1.807) is 0 Å². The maximum absolute atomic E-state index is 4.24. The molecule has 0 aliphatic carbocycles. The maximum atomic E-state index is 4.24. The Kier molecular flexibility index (Phi) is 4.38. The summed E-state index contributed by atoms with van der Waals surface area (Å²) < 4.78 is 0. The van der Waals surface area contributed by atoms with Crippen molar-refractivity contribution in [1.29, 1.82) is 0 Å². The highest BCUT2D eigenvalue weighted by Crippen LogP contribution is 2.41. The Morgan fingerprint density at radius 1 is 1.30 bits per heavy atom. The predicted molar refractivity (Wildman–Crippen MR) is 85.3 cm³/mol. The molecule has 1 aromatic carbocycles. The fourth-order valence-corrected chi connectivity index (χ4v) is 4.24. The molecule has 0 bridgehead atoms. The van der Waals surface area contributed by atoms with E-state index in [0.717, 1.165) is 13.0 Å². The van der Waals surface area contributed by atoms with Crippen molar-refractivity contribution < 1.29 is 0 Å². The number of nitrogens with zero attached hydrogens (tertiary/aromatic N) is 1. The zero-order valence-electron chi connectivity index (χ0n) is 11.8. The van der Waals surface area contributed by atoms with Gasteiger partial charge in [-0.3, -0.25) is 4.98 Å². The minimum absolute atomic E-state index is 0.486. The molecule has 104 valence electrons. The largest absolute Gasteiger partial charge is 0.313 e. The number of aromatic nitrogens is 1. The van der Waals surface area contributed by atoms with Crippen LogP contribution in [0.5, 0.6) is 0 Å². The van der Waals surface area contributed by atoms with E-state index in [1.165, 1.54) is 21.8 Å². The van der Waals surface area contributed by atoms with Gasteiger partial charge in [0.05, 0.1) is 0 Å². The Bertz CT molecular complexity index is 556. The van der Waals surface area contributed by atoms with E-state index in [9.17, 15) is 0 Å². The van der Waals surface area contributed by atoms with Gasteiger partial charge in [-0.1, -0.05) is 31.2 Å². The second-order valence-electron chi connectivity index (χ2n) is 5.18. The van der Waals surface area contributed by atoms with Crippen LogP contribution in [0, 0.1) is 0 Å². The summed E-state index contributed by atoms with van der Waals surface area (Å²) in [7, 11) is 0. The highest BCUT2D eigenvalue weighted by molar-refractivity contribution is 7.99. The highest BCUT2D eigenvalue weighted by Gasteiger charge is 2.29. The fourth-order valence-electron chi connectivity index (χ4n) is 2.91. The van der Waals surface area contributed by atoms with Gasteiger partial charge in [0.2, 0.25) is 0 Å². The molecule has 0 saturated heterocycles. The molecule has 3 heteroatoms. The molecule has 2 atom stereocenters. The van der Waals surface area contributed by atoms with Crippen molar-refractivity contribution in [2.75, 3.05) is 12.3 Å². The number of thioether (sulfide) groups is 1. The first-order valence-corrected chi connectivity index (χ1v) is 8.21. The average Bonchev–Trinajstić information content (AvgIpc) is 2.92. The van der Waals surface area contributed by atoms with Crippen LogP contribution >= 0.6 is 11.8 Å². The van der Waals surface area contributed by atoms with Crippen LogP contribution < -0.4 is 5.32 Å². The van der Waals surface area contributed by atoms with Gasteiger partial charge in [-0.2, -0.15) is 0 Å². The van der Waals surface area contributed by atoms with E-state index in [1.807, 2.05) is 30.2 Å². The van der Waals surface area contributed by atoms with Gasteiger partial charge in [0.1, 0.15) is 0 Å². The van der Waals surface area contributed by atoms with E-state index in [0.29, 0.717) is 12.0 Å². The van der Waals surface area contributed by atoms with Crippen LogP contribution in [-0.2, 0) is 6.42 Å². The predicted octanol–water partition coefficient (Wildman–Crippen LogP) is 3.49. The number of pyridine rings is 1. The molecule has 1 aromatic heterocycles. The summed E-state index contributed by atoms with van der Waals surface area (Å²) in [4.78, 5) is 5.69. The summed E-state index contributed by atoms with van der Waals surface area (Å²) in [6.45, 7) is 3.19. The van der Waals surface area contributed by atoms with Gasteiger partial charge in [0, 0.05) is 35.0 Å². The molecule has 3 rings (SSSR count). The molecule has 1 aliphatic heterocycles. The minimum Gasteiger partial charge on any atom is -0.313 e. The number of likely N-dealkylation sites (N-methyl/N-ethyl adjacent to an activating group) is 1. The lowest BCUT2D eigenvalue weighted by molar-refractivity contribution is 0.463. The quantitative estimate of drug-likeness (QED) is 0.909. The first kappa shape index (κ1) is 13.7. The van der Waals surface area contributed by atoms with Gasteiger partial charge in [0.15, 0.2) is 0 Å². The summed E-state index contributed by atoms with van der Waals surface area (Å²) in [5.74, 6) is 1.77. The van der Waals surface area contributed by atoms with Crippen LogP contribution in [-0.4, -0.2) is 23.3 Å². The van der Waals surface area contributed by atoms with Crippen molar-refractivity contribution in [3.63, 3.8) is 0 Å². The fraction of sp³-hybridized carbons (Fsp3) is 0.353. The monoisotopic (exact) mass is 284 g/mol. The third-order valence-corrected chi connectivity index (χ3v) is 5.08. The number of nitrogens with one attached hydrogen (secondary N) is 1. The summed E-state index contributed by atoms with van der Waals surface area (Å²) >= 11 is 1.99. The number of fused-ring (bicyclic) bond motifs is 1. The molecular weight excluding hydrogens is 264 g/mol. The zero-order chi connectivity index (χ0) is 13.8. The van der Waals surface area contributed by atoms with Crippen molar-refractivity contribution in [2.45, 2.75) is 30.2 Å². The van der Waals surface area contributed by atoms with Gasteiger partial charge in [0.25, 0.3) is 0 Å². The normalized spacial score (nSPS) is 18.8. The second-order valence-corrected chi connectivity index (χ2v) is 6.25. The van der Waals surface area contributed by atoms with Gasteiger partial charge in [-0.05, 0) is 36.2 Å². The third-order valence-electron chi connectivity index (χ3n) is 3.87. The van der Waals surface area contributed by atoms with Crippen LogP contribution in [0.3, 0.4) is 0 Å². The molecular formula is C17H20N2S. The number of hydrogen-bond acceptors (Lipinski definition) is 3. The van der Waals surface area contributed by atoms with Gasteiger partial charge in [-0.15, -0.1) is 11.8 Å². The SMILES string of the molecule is CCNC(Cc1cccnc1)C1CSc2ccccc21. The van der Waals surface area contributed by atoms with Crippen molar-refractivity contribution in [2.24, 2.45) is 0 Å². The lowest BCUT2D eigenvalue weighted by Gasteiger charge is -2.25. The lowest BCUT2D eigenvalue weighted by atomic mass is 9.89. The Morgan fingerprint density at radius 2 is 2.20 bits per heavy atom. The Labute approximate surface area is 125 Å². The summed E-state index contributed by atoms with van der Waals surface area (Å²) in [6.07, 6.45) is 4.87. The average molecular weight is 284 g/mol. The zero-order valence-corrected chi connectivity index (χ0v) is 12.6. The molecule has 2 heterocycles. The van der Waals surface area contributed by atoms with Gasteiger partial charge < -0.3 is 5.32 Å². The molecule has 20 heavy (non-hydrogen) atoms. The Morgan fingerprint density at radius 3 is 3.00 bits per heavy atom. The highest BCUT2D eigenvalue weighted by atomic mass is 32.2. The molecule has 1 aliphatic rings. The maximum Gasteiger partial charge on any atom is 0.0300 e. The van der Waals surface area contributed by atoms with Crippen molar-refractivity contribution in [1.82, 2.24) is 10.3 Å². The smallest absolute Gasteiger partial charge is 0.0300 e. The Hall–Kier alpha value is -1.32. The van der Waals surface area contributed by atoms with E-state index in [4.69, 9.17) is 0 Å². The summed E-state index contributed by atoms with van der Waals surface area (Å²) in [6, 6.07) is 13.5. The van der Waals surface area contributed by atoms with Gasteiger partial charge >= 0.3 is 0 Å². The summed E-state index contributed by atoms with van der Waals surface area (Å²) in [5, 5.41) is 3.67. The number of rotatable bonds is 5. The molecule has 1 N–H and O–H groups in total. The molecule has 2 nitrogen and oxygen atoms in total. The van der Waals surface area contributed by atoms with E-state index in [2.05, 4.69) is 47.6 Å². The molecule has 2 aromatic rings. The van der Waals surface area contributed by atoms with Crippen LogP contribution in [0.15, 0.2) is 53.7 Å². The van der Waals surface area contributed by atoms with E-state index in [-0.39, 0.29) is 0 Å². The van der Waals surface area contributed by atoms with Crippen molar-refractivity contribution in [3.8, 4) is 0 Å². The molecule has 0 spiro atoms. The Balaban J connectivity index is 1.81.